The van der Waals surface area contributed by atoms with Gasteiger partial charge in [-0.15, -0.1) is 0 Å². The third-order valence-electron chi connectivity index (χ3n) is 4.83. The maximum Gasteiger partial charge on any atom is 0.134 e. The lowest BCUT2D eigenvalue weighted by Crippen LogP contribution is -1.95. The van der Waals surface area contributed by atoms with E-state index >= 15 is 0 Å². The van der Waals surface area contributed by atoms with E-state index in [9.17, 15) is 0 Å². The van der Waals surface area contributed by atoms with Gasteiger partial charge in [0.05, 0.1) is 17.2 Å². The number of aryl methyl sites for hydroxylation is 2. The standard InChI is InChI=1S/C22H19N5O/c1-14-3-6-22(28-14)16-7-18(23)10-19(8-16)27-13-24-20-9-15(4-5-21(20)27)17-11-25-26(2)12-17/h3-13H,23H2,1-2H3. The van der Waals surface area contributed by atoms with Crippen LogP contribution in [0.5, 0.6) is 0 Å². The maximum absolute atomic E-state index is 6.17. The van der Waals surface area contributed by atoms with Crippen molar-refractivity contribution in [2.45, 2.75) is 6.92 Å². The first-order chi connectivity index (χ1) is 13.6. The number of aromatic nitrogens is 4. The van der Waals surface area contributed by atoms with E-state index in [0.717, 1.165) is 44.9 Å². The molecule has 0 bridgehead atoms. The molecule has 0 aliphatic rings. The van der Waals surface area contributed by atoms with Crippen LogP contribution in [0, 0.1) is 6.92 Å². The maximum atomic E-state index is 6.17. The Kier molecular flexibility index (Phi) is 3.58. The van der Waals surface area contributed by atoms with Gasteiger partial charge in [-0.3, -0.25) is 9.25 Å². The van der Waals surface area contributed by atoms with Gasteiger partial charge in [-0.05, 0) is 55.0 Å². The molecule has 0 radical (unpaired) electrons. The fraction of sp³-hybridized carbons (Fsp3) is 0.0909. The third kappa shape index (κ3) is 2.75. The predicted molar refractivity (Wildman–Crippen MR) is 110 cm³/mol. The normalized spacial score (nSPS) is 11.4. The third-order valence-corrected chi connectivity index (χ3v) is 4.83. The molecule has 5 aromatic rings. The Bertz CT molecular complexity index is 1310. The summed E-state index contributed by atoms with van der Waals surface area (Å²) in [5, 5.41) is 4.24. The Morgan fingerprint density at radius 3 is 2.61 bits per heavy atom. The van der Waals surface area contributed by atoms with Gasteiger partial charge in [0.2, 0.25) is 0 Å². The van der Waals surface area contributed by atoms with Crippen molar-refractivity contribution >= 4 is 16.7 Å². The highest BCUT2D eigenvalue weighted by atomic mass is 16.3. The van der Waals surface area contributed by atoms with Gasteiger partial charge in [-0.2, -0.15) is 5.10 Å². The molecule has 0 aliphatic heterocycles. The second-order valence-corrected chi connectivity index (χ2v) is 6.94. The van der Waals surface area contributed by atoms with Gasteiger partial charge >= 0.3 is 0 Å². The molecule has 0 spiro atoms. The van der Waals surface area contributed by atoms with E-state index in [1.165, 1.54) is 0 Å². The number of anilines is 1. The molecule has 2 aromatic carbocycles. The van der Waals surface area contributed by atoms with Crippen LogP contribution in [-0.4, -0.2) is 19.3 Å². The van der Waals surface area contributed by atoms with Crippen LogP contribution in [0.1, 0.15) is 5.76 Å². The van der Waals surface area contributed by atoms with Crippen LogP contribution in [0.25, 0.3) is 39.2 Å². The summed E-state index contributed by atoms with van der Waals surface area (Å²) in [6, 6.07) is 16.1. The molecule has 0 fully saturated rings. The van der Waals surface area contributed by atoms with E-state index in [0.29, 0.717) is 5.69 Å². The number of nitrogen functional groups attached to an aromatic ring is 1. The molecule has 6 heteroatoms. The molecule has 0 saturated carbocycles. The van der Waals surface area contributed by atoms with Gasteiger partial charge in [0.15, 0.2) is 0 Å². The van der Waals surface area contributed by atoms with Crippen molar-refractivity contribution in [2.75, 3.05) is 5.73 Å². The lowest BCUT2D eigenvalue weighted by Gasteiger charge is -2.08. The van der Waals surface area contributed by atoms with Crippen LogP contribution in [-0.2, 0) is 7.05 Å². The van der Waals surface area contributed by atoms with Crippen LogP contribution in [0.4, 0.5) is 5.69 Å². The highest BCUT2D eigenvalue weighted by Crippen LogP contribution is 2.30. The van der Waals surface area contributed by atoms with E-state index in [2.05, 4.69) is 34.3 Å². The summed E-state index contributed by atoms with van der Waals surface area (Å²) < 4.78 is 9.60. The first-order valence-corrected chi connectivity index (χ1v) is 9.01. The van der Waals surface area contributed by atoms with Crippen molar-refractivity contribution < 1.29 is 4.42 Å². The number of imidazole rings is 1. The highest BCUT2D eigenvalue weighted by molar-refractivity contribution is 5.83. The molecular formula is C22H19N5O. The summed E-state index contributed by atoms with van der Waals surface area (Å²) in [5.41, 5.74) is 12.8. The van der Waals surface area contributed by atoms with Gasteiger partial charge < -0.3 is 10.2 Å². The van der Waals surface area contributed by atoms with Crippen molar-refractivity contribution in [3.8, 4) is 28.1 Å². The number of hydrogen-bond acceptors (Lipinski definition) is 4. The fourth-order valence-electron chi connectivity index (χ4n) is 3.47. The molecule has 138 valence electrons. The number of benzene rings is 2. The van der Waals surface area contributed by atoms with Gasteiger partial charge in [0.25, 0.3) is 0 Å². The summed E-state index contributed by atoms with van der Waals surface area (Å²) in [6.45, 7) is 1.93. The molecule has 0 aliphatic carbocycles. The van der Waals surface area contributed by atoms with Crippen LogP contribution >= 0.6 is 0 Å². The average Bonchev–Trinajstić information content (AvgIpc) is 3.40. The molecule has 3 aromatic heterocycles. The second-order valence-electron chi connectivity index (χ2n) is 6.94. The second kappa shape index (κ2) is 6.13. The monoisotopic (exact) mass is 369 g/mol. The molecule has 0 unspecified atom stereocenters. The number of rotatable bonds is 3. The zero-order chi connectivity index (χ0) is 19.3. The van der Waals surface area contributed by atoms with Crippen LogP contribution in [0.15, 0.2) is 71.7 Å². The topological polar surface area (TPSA) is 74.8 Å². The minimum absolute atomic E-state index is 0.676. The molecule has 0 atom stereocenters. The van der Waals surface area contributed by atoms with Crippen LogP contribution < -0.4 is 5.73 Å². The highest BCUT2D eigenvalue weighted by Gasteiger charge is 2.11. The summed E-state index contributed by atoms with van der Waals surface area (Å²) in [6.07, 6.45) is 5.67. The van der Waals surface area contributed by atoms with Crippen molar-refractivity contribution in [3.63, 3.8) is 0 Å². The van der Waals surface area contributed by atoms with Gasteiger partial charge in [0.1, 0.15) is 17.8 Å². The number of furan rings is 1. The zero-order valence-corrected chi connectivity index (χ0v) is 15.6. The molecule has 2 N–H and O–H groups in total. The molecule has 5 rings (SSSR count). The van der Waals surface area contributed by atoms with Crippen LogP contribution in [0.3, 0.4) is 0 Å². The number of hydrogen-bond donors (Lipinski definition) is 1. The first kappa shape index (κ1) is 16.4. The molecular weight excluding hydrogens is 350 g/mol. The minimum atomic E-state index is 0.676. The summed E-state index contributed by atoms with van der Waals surface area (Å²) in [7, 11) is 1.91. The van der Waals surface area contributed by atoms with Gasteiger partial charge in [0, 0.05) is 35.7 Å². The summed E-state index contributed by atoms with van der Waals surface area (Å²) >= 11 is 0. The van der Waals surface area contributed by atoms with Gasteiger partial charge in [-0.25, -0.2) is 4.98 Å². The molecule has 0 saturated heterocycles. The fourth-order valence-corrected chi connectivity index (χ4v) is 3.47. The smallest absolute Gasteiger partial charge is 0.134 e. The quantitative estimate of drug-likeness (QED) is 0.473. The minimum Gasteiger partial charge on any atom is -0.461 e. The Labute approximate surface area is 161 Å². The molecule has 0 amide bonds. The summed E-state index contributed by atoms with van der Waals surface area (Å²) in [4.78, 5) is 4.60. The van der Waals surface area contributed by atoms with Crippen molar-refractivity contribution in [1.29, 1.82) is 0 Å². The van der Waals surface area contributed by atoms with Crippen molar-refractivity contribution in [1.82, 2.24) is 19.3 Å². The predicted octanol–water partition coefficient (Wildman–Crippen LogP) is 4.58. The van der Waals surface area contributed by atoms with Crippen LogP contribution in [0.2, 0.25) is 0 Å². The van der Waals surface area contributed by atoms with Gasteiger partial charge in [-0.1, -0.05) is 6.07 Å². The van der Waals surface area contributed by atoms with E-state index in [4.69, 9.17) is 10.2 Å². The number of nitrogens with two attached hydrogens (primary N) is 1. The lowest BCUT2D eigenvalue weighted by molar-refractivity contribution is 0.548. The largest absolute Gasteiger partial charge is 0.461 e. The van der Waals surface area contributed by atoms with E-state index < -0.39 is 0 Å². The van der Waals surface area contributed by atoms with E-state index in [-0.39, 0.29) is 0 Å². The number of nitrogens with zero attached hydrogens (tertiary/aromatic N) is 4. The van der Waals surface area contributed by atoms with Crippen molar-refractivity contribution in [2.24, 2.45) is 7.05 Å². The molecule has 3 heterocycles. The van der Waals surface area contributed by atoms with E-state index in [1.807, 2.05) is 61.5 Å². The van der Waals surface area contributed by atoms with E-state index in [1.54, 1.807) is 4.68 Å². The Morgan fingerprint density at radius 1 is 0.964 bits per heavy atom. The molecule has 6 nitrogen and oxygen atoms in total. The SMILES string of the molecule is Cc1ccc(-c2cc(N)cc(-n3cnc4cc(-c5cnn(C)c5)ccc43)c2)o1. The Morgan fingerprint density at radius 2 is 1.86 bits per heavy atom. The van der Waals surface area contributed by atoms with Crippen molar-refractivity contribution in [3.05, 3.63) is 73.0 Å². The first-order valence-electron chi connectivity index (χ1n) is 9.01. The Balaban J connectivity index is 1.60. The lowest BCUT2D eigenvalue weighted by atomic mass is 10.1. The molecule has 28 heavy (non-hydrogen) atoms. The average molecular weight is 369 g/mol. The zero-order valence-electron chi connectivity index (χ0n) is 15.6. The Hall–Kier alpha value is -3.80. The number of fused-ring (bicyclic) bond motifs is 1. The summed E-state index contributed by atoms with van der Waals surface area (Å²) in [5.74, 6) is 1.67.